The molecule has 0 spiro atoms. The number of amides is 3. The number of carbonyl (C=O) groups is 3. The summed E-state index contributed by atoms with van der Waals surface area (Å²) in [4.78, 5) is 48.3. The maximum Gasteiger partial charge on any atom is 0.410 e. The van der Waals surface area contributed by atoms with Gasteiger partial charge in [0.25, 0.3) is 0 Å². The Morgan fingerprint density at radius 3 is 1.83 bits per heavy atom. The van der Waals surface area contributed by atoms with Crippen LogP contribution in [0.4, 0.5) is 14.4 Å². The zero-order chi connectivity index (χ0) is 32.5. The number of rotatable bonds is 2. The standard InChI is InChI=1S/C16H30N2O5.C7H12N2O2.C6H8N2O.5CH4/c1-11-12(10-19)18(14(21)23-16(5,6)7)9-8-17(11)13(20)22-15(2,3)4;1-5-6-4-11-7(10)9(6)3-2-8-5;1-5-6(4-9)8-3-2-7-5;;;;;/h11-12,19H,8-10H2,1-7H3;5-6,8H,2-4H2,1H3;2-3,9H,4H2,1H3;5*1H4. The molecule has 3 aliphatic rings. The van der Waals surface area contributed by atoms with Crippen LogP contribution in [0.15, 0.2) is 12.4 Å². The second-order valence-corrected chi connectivity index (χ2v) is 12.7. The SMILES string of the molecule is C.C.C.C.C.CC1C(CO)N(C(=O)OC(C)(C)C)CCN1C(=O)OC(C)(C)C.CC1NCCN2C(=O)OCC12.Cc1nccnc1CO. The molecule has 284 valence electrons. The molecule has 4 unspecified atom stereocenters. The number of nitrogens with zero attached hydrogens (tertiary/aromatic N) is 5. The number of ether oxygens (including phenoxy) is 3. The molecule has 3 N–H and O–H groups in total. The van der Waals surface area contributed by atoms with Crippen molar-refractivity contribution in [1.29, 1.82) is 0 Å². The number of aromatic nitrogens is 2. The Bertz CT molecular complexity index is 1080. The molecule has 3 aliphatic heterocycles. The van der Waals surface area contributed by atoms with Crippen molar-refractivity contribution >= 4 is 18.3 Å². The molecule has 0 saturated carbocycles. The smallest absolute Gasteiger partial charge is 0.410 e. The topological polar surface area (TPSA) is 167 Å². The van der Waals surface area contributed by atoms with Crippen molar-refractivity contribution in [2.75, 3.05) is 39.4 Å². The molecule has 1 aromatic rings. The van der Waals surface area contributed by atoms with Gasteiger partial charge in [0.05, 0.1) is 42.7 Å². The van der Waals surface area contributed by atoms with Crippen molar-refractivity contribution in [3.05, 3.63) is 23.8 Å². The van der Waals surface area contributed by atoms with Crippen molar-refractivity contribution in [3.63, 3.8) is 0 Å². The molecule has 4 atom stereocenters. The van der Waals surface area contributed by atoms with Gasteiger partial charge < -0.3 is 34.6 Å². The molecular weight excluding hydrogens is 620 g/mol. The quantitative estimate of drug-likeness (QED) is 0.336. The summed E-state index contributed by atoms with van der Waals surface area (Å²) in [7, 11) is 0. The van der Waals surface area contributed by atoms with Gasteiger partial charge in [-0.05, 0) is 62.3 Å². The van der Waals surface area contributed by atoms with E-state index in [-0.39, 0.29) is 68.5 Å². The Hall–Kier alpha value is -3.23. The first kappa shape index (κ1) is 51.6. The van der Waals surface area contributed by atoms with E-state index in [0.717, 1.165) is 18.8 Å². The predicted molar refractivity (Wildman–Crippen MR) is 192 cm³/mol. The van der Waals surface area contributed by atoms with Crippen LogP contribution in [-0.4, -0.2) is 128 Å². The van der Waals surface area contributed by atoms with Gasteiger partial charge in [-0.1, -0.05) is 37.1 Å². The normalized spacial score (nSPS) is 21.1. The fourth-order valence-corrected chi connectivity index (χ4v) is 4.71. The number of cyclic esters (lactones) is 1. The van der Waals surface area contributed by atoms with Gasteiger partial charge in [0.1, 0.15) is 17.8 Å². The number of aliphatic hydroxyl groups is 2. The van der Waals surface area contributed by atoms with Crippen LogP contribution in [0, 0.1) is 6.92 Å². The number of aryl methyl sites for hydroxylation is 1. The van der Waals surface area contributed by atoms with Gasteiger partial charge >= 0.3 is 18.3 Å². The van der Waals surface area contributed by atoms with Crippen LogP contribution in [0.25, 0.3) is 0 Å². The molecule has 0 aliphatic carbocycles. The van der Waals surface area contributed by atoms with Gasteiger partial charge in [-0.25, -0.2) is 14.4 Å². The van der Waals surface area contributed by atoms with Crippen molar-refractivity contribution < 1.29 is 38.8 Å². The van der Waals surface area contributed by atoms with Crippen molar-refractivity contribution in [3.8, 4) is 0 Å². The minimum Gasteiger partial charge on any atom is -0.447 e. The van der Waals surface area contributed by atoms with E-state index in [1.807, 2.05) is 6.92 Å². The molecule has 4 rings (SSSR count). The highest BCUT2D eigenvalue weighted by molar-refractivity contribution is 5.72. The fourth-order valence-electron chi connectivity index (χ4n) is 4.71. The Morgan fingerprint density at radius 2 is 1.40 bits per heavy atom. The van der Waals surface area contributed by atoms with E-state index in [4.69, 9.17) is 19.3 Å². The molecule has 3 amide bonds. The van der Waals surface area contributed by atoms with E-state index in [9.17, 15) is 19.5 Å². The lowest BCUT2D eigenvalue weighted by atomic mass is 10.0. The fraction of sp³-hybridized carbons (Fsp3) is 0.794. The lowest BCUT2D eigenvalue weighted by molar-refractivity contribution is -0.0401. The molecule has 3 saturated heterocycles. The molecular formula is C34H70N6O8. The van der Waals surface area contributed by atoms with Crippen molar-refractivity contribution in [1.82, 2.24) is 30.0 Å². The number of hydrogen-bond donors (Lipinski definition) is 3. The summed E-state index contributed by atoms with van der Waals surface area (Å²) in [5.41, 5.74) is 0.244. The summed E-state index contributed by atoms with van der Waals surface area (Å²) in [6.07, 6.45) is 2.11. The Labute approximate surface area is 291 Å². The zero-order valence-electron chi connectivity index (χ0n) is 27.0. The third-order valence-corrected chi connectivity index (χ3v) is 7.01. The molecule has 0 bridgehead atoms. The Morgan fingerprint density at radius 1 is 0.896 bits per heavy atom. The predicted octanol–water partition coefficient (Wildman–Crippen LogP) is 5.48. The molecule has 4 heterocycles. The van der Waals surface area contributed by atoms with E-state index in [1.54, 1.807) is 70.7 Å². The van der Waals surface area contributed by atoms with Gasteiger partial charge in [0, 0.05) is 44.6 Å². The molecule has 48 heavy (non-hydrogen) atoms. The van der Waals surface area contributed by atoms with E-state index in [2.05, 4.69) is 22.2 Å². The summed E-state index contributed by atoms with van der Waals surface area (Å²) < 4.78 is 15.7. The highest BCUT2D eigenvalue weighted by Gasteiger charge is 2.41. The number of hydrogen-bond acceptors (Lipinski definition) is 11. The third kappa shape index (κ3) is 15.3. The van der Waals surface area contributed by atoms with Gasteiger partial charge in [0.15, 0.2) is 0 Å². The average molecular weight is 691 g/mol. The van der Waals surface area contributed by atoms with Crippen LogP contribution in [0.1, 0.15) is 104 Å². The molecule has 0 aromatic carbocycles. The summed E-state index contributed by atoms with van der Waals surface area (Å²) >= 11 is 0. The van der Waals surface area contributed by atoms with Gasteiger partial charge in [-0.2, -0.15) is 0 Å². The number of fused-ring (bicyclic) bond motifs is 1. The van der Waals surface area contributed by atoms with Crippen LogP contribution >= 0.6 is 0 Å². The van der Waals surface area contributed by atoms with Gasteiger partial charge in [-0.3, -0.25) is 19.8 Å². The van der Waals surface area contributed by atoms with Crippen LogP contribution in [-0.2, 0) is 20.8 Å². The highest BCUT2D eigenvalue weighted by atomic mass is 16.6. The molecule has 14 nitrogen and oxygen atoms in total. The summed E-state index contributed by atoms with van der Waals surface area (Å²) in [6.45, 7) is 19.0. The zero-order valence-corrected chi connectivity index (χ0v) is 27.0. The average Bonchev–Trinajstić information content (AvgIpc) is 3.29. The van der Waals surface area contributed by atoms with Gasteiger partial charge in [-0.15, -0.1) is 0 Å². The van der Waals surface area contributed by atoms with E-state index in [0.29, 0.717) is 31.4 Å². The second kappa shape index (κ2) is 22.4. The summed E-state index contributed by atoms with van der Waals surface area (Å²) in [6, 6.07) is -0.256. The lowest BCUT2D eigenvalue weighted by Gasteiger charge is -2.45. The number of nitrogens with one attached hydrogen (secondary N) is 1. The first-order chi connectivity index (χ1) is 20.0. The number of carbonyl (C=O) groups excluding carboxylic acids is 3. The van der Waals surface area contributed by atoms with E-state index < -0.39 is 29.4 Å². The maximum atomic E-state index is 12.3. The minimum absolute atomic E-state index is 0. The summed E-state index contributed by atoms with van der Waals surface area (Å²) in [5.74, 6) is 0. The molecule has 3 fully saturated rings. The molecule has 14 heteroatoms. The van der Waals surface area contributed by atoms with Crippen molar-refractivity contribution in [2.24, 2.45) is 0 Å². The van der Waals surface area contributed by atoms with Gasteiger partial charge in [0.2, 0.25) is 0 Å². The molecule has 1 aromatic heterocycles. The maximum absolute atomic E-state index is 12.3. The van der Waals surface area contributed by atoms with E-state index >= 15 is 0 Å². The monoisotopic (exact) mass is 691 g/mol. The lowest BCUT2D eigenvalue weighted by Crippen LogP contribution is -2.63. The van der Waals surface area contributed by atoms with Crippen LogP contribution in [0.3, 0.4) is 0 Å². The van der Waals surface area contributed by atoms with Crippen LogP contribution in [0.2, 0.25) is 0 Å². The van der Waals surface area contributed by atoms with E-state index in [1.165, 1.54) is 4.90 Å². The summed E-state index contributed by atoms with van der Waals surface area (Å²) in [5, 5.41) is 21.6. The third-order valence-electron chi connectivity index (χ3n) is 7.01. The second-order valence-electron chi connectivity index (χ2n) is 12.7. The first-order valence-corrected chi connectivity index (χ1v) is 14.6. The Kier molecular flexibility index (Phi) is 24.1. The largest absolute Gasteiger partial charge is 0.447 e. The molecule has 0 radical (unpaired) electrons. The minimum atomic E-state index is -0.609. The van der Waals surface area contributed by atoms with Crippen molar-refractivity contribution in [2.45, 2.75) is 141 Å². The number of piperazine rings is 2. The Balaban J connectivity index is -0.000000325. The van der Waals surface area contributed by atoms with Crippen LogP contribution in [0.5, 0.6) is 0 Å². The number of aliphatic hydroxyl groups excluding tert-OH is 2. The highest BCUT2D eigenvalue weighted by Crippen LogP contribution is 2.22. The van der Waals surface area contributed by atoms with Crippen LogP contribution < -0.4 is 5.32 Å². The first-order valence-electron chi connectivity index (χ1n) is 14.6.